The smallest absolute Gasteiger partial charge is 0.198 e. The molecule has 3 N–H and O–H groups in total. The van der Waals surface area contributed by atoms with Gasteiger partial charge in [0.25, 0.3) is 0 Å². The molecule has 4 nitrogen and oxygen atoms in total. The third-order valence-corrected chi connectivity index (χ3v) is 7.42. The molecule has 0 saturated heterocycles. The van der Waals surface area contributed by atoms with Crippen LogP contribution in [0.1, 0.15) is 52.5 Å². The van der Waals surface area contributed by atoms with E-state index in [1.807, 2.05) is 38.1 Å². The lowest BCUT2D eigenvalue weighted by atomic mass is 9.73. The Morgan fingerprint density at radius 3 is 2.25 bits per heavy atom. The van der Waals surface area contributed by atoms with Gasteiger partial charge in [-0.1, -0.05) is 32.4 Å². The molecule has 24 heavy (non-hydrogen) atoms. The van der Waals surface area contributed by atoms with Gasteiger partial charge in [-0.05, 0) is 62.6 Å². The molecule has 2 rings (SSSR count). The van der Waals surface area contributed by atoms with Gasteiger partial charge in [0.05, 0.1) is 5.16 Å². The Kier molecular flexibility index (Phi) is 6.17. The summed E-state index contributed by atoms with van der Waals surface area (Å²) in [5, 5.41) is -0.610. The van der Waals surface area contributed by atoms with E-state index in [9.17, 15) is 9.46 Å². The number of ether oxygens (including phenoxy) is 1. The van der Waals surface area contributed by atoms with Gasteiger partial charge in [-0.25, -0.2) is 0 Å². The average molecular weight is 353 g/mol. The zero-order chi connectivity index (χ0) is 18.0. The van der Waals surface area contributed by atoms with Gasteiger partial charge in [-0.3, -0.25) is 4.57 Å². The van der Waals surface area contributed by atoms with Gasteiger partial charge in [0.2, 0.25) is 0 Å². The van der Waals surface area contributed by atoms with Crippen LogP contribution in [-0.2, 0) is 11.0 Å². The zero-order valence-corrected chi connectivity index (χ0v) is 16.3. The van der Waals surface area contributed by atoms with Gasteiger partial charge in [-0.15, -0.1) is 0 Å². The molecule has 0 aliphatic heterocycles. The SMILES string of the molecule is CC1CCCC(C)C1(COc1ccc(CC(C)(C)N)cc1)[PH](=O)O. The van der Waals surface area contributed by atoms with E-state index in [4.69, 9.17) is 10.5 Å². The average Bonchev–Trinajstić information content (AvgIpc) is 2.47. The lowest BCUT2D eigenvalue weighted by molar-refractivity contribution is 0.126. The third-order valence-electron chi connectivity index (χ3n) is 5.49. The maximum Gasteiger partial charge on any atom is 0.198 e. The van der Waals surface area contributed by atoms with Crippen molar-refractivity contribution in [1.82, 2.24) is 0 Å². The highest BCUT2D eigenvalue weighted by molar-refractivity contribution is 7.40. The fourth-order valence-corrected chi connectivity index (χ4v) is 5.26. The summed E-state index contributed by atoms with van der Waals surface area (Å²) < 4.78 is 18.2. The van der Waals surface area contributed by atoms with Crippen molar-refractivity contribution in [2.75, 3.05) is 6.61 Å². The molecule has 1 aromatic carbocycles. The highest BCUT2D eigenvalue weighted by Crippen LogP contribution is 2.53. The van der Waals surface area contributed by atoms with Crippen LogP contribution in [0.5, 0.6) is 5.75 Å². The van der Waals surface area contributed by atoms with Crippen molar-refractivity contribution in [2.45, 2.75) is 64.1 Å². The molecule has 0 heterocycles. The second-order valence-electron chi connectivity index (χ2n) is 8.18. The molecule has 0 radical (unpaired) electrons. The van der Waals surface area contributed by atoms with Crippen LogP contribution in [0.2, 0.25) is 0 Å². The Hall–Kier alpha value is -0.830. The highest BCUT2D eigenvalue weighted by Gasteiger charge is 2.48. The van der Waals surface area contributed by atoms with Crippen molar-refractivity contribution in [3.63, 3.8) is 0 Å². The van der Waals surface area contributed by atoms with Crippen molar-refractivity contribution in [3.05, 3.63) is 29.8 Å². The van der Waals surface area contributed by atoms with Crippen molar-refractivity contribution in [3.8, 4) is 5.75 Å². The molecule has 1 aliphatic carbocycles. The van der Waals surface area contributed by atoms with Crippen molar-refractivity contribution >= 4 is 8.03 Å². The van der Waals surface area contributed by atoms with Gasteiger partial charge in [0, 0.05) is 5.54 Å². The van der Waals surface area contributed by atoms with E-state index in [0.717, 1.165) is 31.4 Å². The molecular formula is C19H32NO3P. The molecule has 0 aromatic heterocycles. The molecule has 136 valence electrons. The topological polar surface area (TPSA) is 72.5 Å². The van der Waals surface area contributed by atoms with Crippen LogP contribution in [0.25, 0.3) is 0 Å². The van der Waals surface area contributed by atoms with Crippen LogP contribution in [0.15, 0.2) is 24.3 Å². The van der Waals surface area contributed by atoms with Crippen molar-refractivity contribution < 1.29 is 14.2 Å². The predicted octanol–water partition coefficient (Wildman–Crippen LogP) is 4.01. The highest BCUT2D eigenvalue weighted by atomic mass is 31.1. The van der Waals surface area contributed by atoms with E-state index in [-0.39, 0.29) is 17.4 Å². The molecular weight excluding hydrogens is 321 g/mol. The standard InChI is InChI=1S/C19H32NO3P/c1-14-6-5-7-15(2)19(14,24(21)22)13-23-17-10-8-16(9-11-17)12-18(3,4)20/h8-11,14-15,24H,5-7,12-13,20H2,1-4H3,(H,21,22). The first-order valence-electron chi connectivity index (χ1n) is 8.89. The second-order valence-corrected chi connectivity index (χ2v) is 9.72. The summed E-state index contributed by atoms with van der Waals surface area (Å²) in [5.74, 6) is 1.16. The molecule has 5 heteroatoms. The minimum Gasteiger partial charge on any atom is -0.492 e. The number of hydrogen-bond donors (Lipinski definition) is 2. The van der Waals surface area contributed by atoms with Crippen LogP contribution in [0.4, 0.5) is 0 Å². The summed E-state index contributed by atoms with van der Waals surface area (Å²) in [7, 11) is -2.68. The Morgan fingerprint density at radius 1 is 1.25 bits per heavy atom. The largest absolute Gasteiger partial charge is 0.492 e. The molecule has 1 fully saturated rings. The summed E-state index contributed by atoms with van der Waals surface area (Å²) in [6.07, 6.45) is 3.92. The summed E-state index contributed by atoms with van der Waals surface area (Å²) >= 11 is 0. The lowest BCUT2D eigenvalue weighted by Gasteiger charge is -2.44. The lowest BCUT2D eigenvalue weighted by Crippen LogP contribution is -2.47. The maximum absolute atomic E-state index is 12.2. The predicted molar refractivity (Wildman–Crippen MR) is 100 cm³/mol. The van der Waals surface area contributed by atoms with Gasteiger partial charge in [0.15, 0.2) is 8.03 Å². The van der Waals surface area contributed by atoms with E-state index in [2.05, 4.69) is 13.8 Å². The Balaban J connectivity index is 2.08. The maximum atomic E-state index is 12.2. The number of rotatable bonds is 6. The van der Waals surface area contributed by atoms with Gasteiger partial charge in [-0.2, -0.15) is 0 Å². The van der Waals surface area contributed by atoms with E-state index in [0.29, 0.717) is 6.61 Å². The quantitative estimate of drug-likeness (QED) is 0.758. The minimum atomic E-state index is -2.68. The van der Waals surface area contributed by atoms with Crippen LogP contribution in [0, 0.1) is 11.8 Å². The molecule has 1 saturated carbocycles. The second kappa shape index (κ2) is 7.59. The fourth-order valence-electron chi connectivity index (χ4n) is 3.93. The van der Waals surface area contributed by atoms with Gasteiger partial charge < -0.3 is 15.4 Å². The summed E-state index contributed by atoms with van der Waals surface area (Å²) in [4.78, 5) is 10.1. The minimum absolute atomic E-state index is 0.204. The molecule has 1 aliphatic rings. The monoisotopic (exact) mass is 353 g/mol. The molecule has 1 aromatic rings. The van der Waals surface area contributed by atoms with Crippen LogP contribution >= 0.6 is 8.03 Å². The Morgan fingerprint density at radius 2 is 1.79 bits per heavy atom. The molecule has 0 bridgehead atoms. The van der Waals surface area contributed by atoms with E-state index >= 15 is 0 Å². The first kappa shape index (κ1) is 19.5. The Labute approximate surface area is 146 Å². The third kappa shape index (κ3) is 4.41. The molecule has 3 atom stereocenters. The van der Waals surface area contributed by atoms with E-state index < -0.39 is 13.2 Å². The van der Waals surface area contributed by atoms with Crippen LogP contribution in [0.3, 0.4) is 0 Å². The summed E-state index contributed by atoms with van der Waals surface area (Å²) in [6.45, 7) is 8.50. The van der Waals surface area contributed by atoms with E-state index in [1.165, 1.54) is 5.56 Å². The Bertz CT molecular complexity index is 555. The van der Waals surface area contributed by atoms with Crippen LogP contribution in [-0.4, -0.2) is 22.2 Å². The van der Waals surface area contributed by atoms with Crippen molar-refractivity contribution in [1.29, 1.82) is 0 Å². The first-order chi connectivity index (χ1) is 11.1. The van der Waals surface area contributed by atoms with Crippen LogP contribution < -0.4 is 10.5 Å². The summed E-state index contributed by atoms with van der Waals surface area (Å²) in [5.41, 5.74) is 6.98. The van der Waals surface area contributed by atoms with Crippen molar-refractivity contribution in [2.24, 2.45) is 17.6 Å². The number of benzene rings is 1. The van der Waals surface area contributed by atoms with Gasteiger partial charge >= 0.3 is 0 Å². The zero-order valence-electron chi connectivity index (χ0n) is 15.3. The number of nitrogens with two attached hydrogens (primary N) is 1. The fraction of sp³-hybridized carbons (Fsp3) is 0.684. The number of hydrogen-bond acceptors (Lipinski definition) is 3. The molecule has 3 unspecified atom stereocenters. The normalized spacial score (nSPS) is 29.2. The summed E-state index contributed by atoms with van der Waals surface area (Å²) in [6, 6.07) is 7.90. The first-order valence-corrected chi connectivity index (χ1v) is 10.2. The van der Waals surface area contributed by atoms with Gasteiger partial charge in [0.1, 0.15) is 12.4 Å². The van der Waals surface area contributed by atoms with E-state index in [1.54, 1.807) is 0 Å². The molecule has 0 spiro atoms. The molecule has 0 amide bonds.